The lowest BCUT2D eigenvalue weighted by molar-refractivity contribution is 0.571. The fourth-order valence-electron chi connectivity index (χ4n) is 11.1. The molecule has 68 heavy (non-hydrogen) atoms. The summed E-state index contributed by atoms with van der Waals surface area (Å²) in [6.07, 6.45) is 3.05. The van der Waals surface area contributed by atoms with Crippen molar-refractivity contribution in [2.45, 2.75) is 18.6 Å². The van der Waals surface area contributed by atoms with Gasteiger partial charge in [0.1, 0.15) is 12.0 Å². The van der Waals surface area contributed by atoms with Gasteiger partial charge in [-0.05, 0) is 94.1 Å². The topological polar surface area (TPSA) is 53.7 Å². The van der Waals surface area contributed by atoms with Crippen molar-refractivity contribution < 1.29 is 0 Å². The summed E-state index contributed by atoms with van der Waals surface area (Å²) in [4.78, 5) is 11.0. The molecular formula is C62H43N5S. The van der Waals surface area contributed by atoms with E-state index in [-0.39, 0.29) is 12.0 Å². The number of fused-ring (bicyclic) bond motifs is 10. The Bertz CT molecular complexity index is 4030. The van der Waals surface area contributed by atoms with Crippen molar-refractivity contribution in [3.63, 3.8) is 0 Å². The van der Waals surface area contributed by atoms with Crippen LogP contribution in [-0.4, -0.2) is 16.2 Å². The van der Waals surface area contributed by atoms with Crippen LogP contribution in [0.3, 0.4) is 0 Å². The molecule has 2 N–H and O–H groups in total. The summed E-state index contributed by atoms with van der Waals surface area (Å²) in [6.45, 7) is 0. The lowest BCUT2D eigenvalue weighted by Crippen LogP contribution is -2.37. The Morgan fingerprint density at radius 2 is 1.25 bits per heavy atom. The molecule has 6 heteroatoms. The number of amidine groups is 2. The van der Waals surface area contributed by atoms with E-state index in [4.69, 9.17) is 9.98 Å². The summed E-state index contributed by atoms with van der Waals surface area (Å²) >= 11 is 1.90. The monoisotopic (exact) mass is 889 g/mol. The summed E-state index contributed by atoms with van der Waals surface area (Å²) in [5, 5.41) is 15.3. The Labute approximate surface area is 397 Å². The van der Waals surface area contributed by atoms with Gasteiger partial charge in [-0.25, -0.2) is 9.98 Å². The van der Waals surface area contributed by atoms with Gasteiger partial charge in [-0.1, -0.05) is 164 Å². The van der Waals surface area contributed by atoms with Crippen molar-refractivity contribution in [1.29, 1.82) is 0 Å². The maximum Gasteiger partial charge on any atom is 0.159 e. The molecule has 0 amide bonds. The van der Waals surface area contributed by atoms with Crippen LogP contribution in [0.25, 0.3) is 71.1 Å². The zero-order valence-electron chi connectivity index (χ0n) is 37.0. The van der Waals surface area contributed by atoms with Crippen molar-refractivity contribution in [2.24, 2.45) is 15.9 Å². The normalized spacial score (nSPS) is 17.4. The highest BCUT2D eigenvalue weighted by Crippen LogP contribution is 2.46. The highest BCUT2D eigenvalue weighted by molar-refractivity contribution is 7.17. The van der Waals surface area contributed by atoms with E-state index in [9.17, 15) is 0 Å². The highest BCUT2D eigenvalue weighted by atomic mass is 32.1. The second-order valence-electron chi connectivity index (χ2n) is 18.1. The number of nitrogens with zero attached hydrogens (tertiary/aromatic N) is 3. The van der Waals surface area contributed by atoms with Crippen molar-refractivity contribution in [2.75, 3.05) is 5.32 Å². The standard InChI is InChI=1S/C62H43N5S/c1-3-16-39(17-4-1)58-48-32-34-55-57(56(48)47-24-9-11-27-52(47)63-58)49-25-14-26-50(59(49)68-55)62-65-60(43-20-13-19-41(36-43)42-30-29-38-15-7-8-18-40(38)35-42)64-61(66-62)44-31-33-54-51(37-44)46-23-10-12-28-53(46)67(54)45-21-5-2-6-22-45/h1-31,33-37,48,58,62-63H,32H2,(H,64,65,66). The molecule has 2 aromatic heterocycles. The van der Waals surface area contributed by atoms with Crippen LogP contribution in [0, 0.1) is 5.92 Å². The number of hydrogen-bond acceptors (Lipinski definition) is 5. The number of thiophene rings is 1. The lowest BCUT2D eigenvalue weighted by Gasteiger charge is -2.38. The minimum Gasteiger partial charge on any atom is -0.377 e. The van der Waals surface area contributed by atoms with Gasteiger partial charge in [-0.2, -0.15) is 0 Å². The lowest BCUT2D eigenvalue weighted by atomic mass is 9.75. The Kier molecular flexibility index (Phi) is 8.95. The van der Waals surface area contributed by atoms with Crippen LogP contribution in [0.4, 0.5) is 5.69 Å². The van der Waals surface area contributed by atoms with E-state index in [1.165, 1.54) is 74.8 Å². The van der Waals surface area contributed by atoms with E-state index in [0.717, 1.165) is 45.7 Å². The summed E-state index contributed by atoms with van der Waals surface area (Å²) in [5.74, 6) is 1.79. The second kappa shape index (κ2) is 15.7. The summed E-state index contributed by atoms with van der Waals surface area (Å²) in [6, 6.07) is 76.9. The Hall–Kier alpha value is -8.32. The predicted octanol–water partition coefficient (Wildman–Crippen LogP) is 13.5. The molecule has 9 aromatic carbocycles. The van der Waals surface area contributed by atoms with E-state index < -0.39 is 6.17 Å². The number of benzene rings is 9. The van der Waals surface area contributed by atoms with Gasteiger partial charge >= 0.3 is 0 Å². The molecule has 0 saturated carbocycles. The van der Waals surface area contributed by atoms with E-state index in [1.807, 2.05) is 11.3 Å². The van der Waals surface area contributed by atoms with Gasteiger partial charge in [0.15, 0.2) is 5.84 Å². The highest BCUT2D eigenvalue weighted by Gasteiger charge is 2.36. The van der Waals surface area contributed by atoms with Gasteiger partial charge in [0.05, 0.1) is 17.1 Å². The van der Waals surface area contributed by atoms with Crippen LogP contribution in [0.15, 0.2) is 222 Å². The Morgan fingerprint density at radius 1 is 0.529 bits per heavy atom. The van der Waals surface area contributed by atoms with Crippen LogP contribution >= 0.6 is 11.3 Å². The maximum absolute atomic E-state index is 5.58. The minimum atomic E-state index is -0.398. The van der Waals surface area contributed by atoms with Gasteiger partial charge < -0.3 is 15.2 Å². The first kappa shape index (κ1) is 38.9. The van der Waals surface area contributed by atoms with Crippen LogP contribution in [0.1, 0.15) is 46.4 Å². The number of rotatable bonds is 6. The van der Waals surface area contributed by atoms with Crippen molar-refractivity contribution in [1.82, 2.24) is 9.88 Å². The van der Waals surface area contributed by atoms with Crippen LogP contribution < -0.4 is 20.4 Å². The first-order chi connectivity index (χ1) is 33.7. The number of para-hydroxylation sites is 3. The number of hydrogen-bond donors (Lipinski definition) is 2. The maximum atomic E-state index is 5.58. The molecule has 0 spiro atoms. The van der Waals surface area contributed by atoms with Gasteiger partial charge in [0.25, 0.3) is 0 Å². The number of aromatic nitrogens is 1. The average molecular weight is 890 g/mol. The molecule has 11 aromatic rings. The zero-order chi connectivity index (χ0) is 44.7. The molecule has 3 atom stereocenters. The first-order valence-electron chi connectivity index (χ1n) is 23.5. The van der Waals surface area contributed by atoms with Crippen LogP contribution in [-0.2, 0) is 0 Å². The molecule has 14 rings (SSSR count). The Balaban J connectivity index is 0.950. The molecular weight excluding hydrogens is 847 g/mol. The summed E-state index contributed by atoms with van der Waals surface area (Å²) < 4.78 is 4.94. The van der Waals surface area contributed by atoms with E-state index in [2.05, 4.69) is 234 Å². The van der Waals surface area contributed by atoms with Crippen molar-refractivity contribution >= 4 is 83.0 Å². The fourth-order valence-corrected chi connectivity index (χ4v) is 12.4. The second-order valence-corrected chi connectivity index (χ2v) is 19.2. The van der Waals surface area contributed by atoms with Gasteiger partial charge in [-0.3, -0.25) is 0 Å². The minimum absolute atomic E-state index is 0.166. The van der Waals surface area contributed by atoms with E-state index >= 15 is 0 Å². The SMILES string of the molecule is C1=c2sc3c(C4N=C(c5ccc6c(c5)c5ccccc5n6-c5ccccc5)N=C(c5cccc(-c6ccc7ccccc7c6)c5)N4)cccc3c2=C2c3ccccc3NC(c3ccccc3)C2C1. The molecule has 0 fully saturated rings. The third kappa shape index (κ3) is 6.29. The largest absolute Gasteiger partial charge is 0.377 e. The molecule has 4 heterocycles. The van der Waals surface area contributed by atoms with Crippen LogP contribution in [0.2, 0.25) is 0 Å². The Morgan fingerprint density at radius 3 is 2.16 bits per heavy atom. The van der Waals surface area contributed by atoms with Crippen molar-refractivity contribution in [3.05, 3.63) is 250 Å². The van der Waals surface area contributed by atoms with Crippen molar-refractivity contribution in [3.8, 4) is 16.8 Å². The molecule has 0 radical (unpaired) electrons. The van der Waals surface area contributed by atoms with Crippen LogP contribution in [0.5, 0.6) is 0 Å². The van der Waals surface area contributed by atoms with Gasteiger partial charge in [-0.15, -0.1) is 11.3 Å². The van der Waals surface area contributed by atoms with E-state index in [0.29, 0.717) is 5.84 Å². The molecule has 322 valence electrons. The third-order valence-corrected chi connectivity index (χ3v) is 15.5. The molecule has 3 unspecified atom stereocenters. The summed E-state index contributed by atoms with van der Waals surface area (Å²) in [7, 11) is 0. The first-order valence-corrected chi connectivity index (χ1v) is 24.3. The number of anilines is 1. The van der Waals surface area contributed by atoms with Gasteiger partial charge in [0, 0.05) is 70.2 Å². The quantitative estimate of drug-likeness (QED) is 0.175. The summed E-state index contributed by atoms with van der Waals surface area (Å²) in [5.41, 5.74) is 14.1. The third-order valence-electron chi connectivity index (χ3n) is 14.3. The molecule has 0 bridgehead atoms. The number of aliphatic imine (C=N–C) groups is 2. The molecule has 2 aliphatic heterocycles. The zero-order valence-corrected chi connectivity index (χ0v) is 37.8. The molecule has 5 nitrogen and oxygen atoms in total. The molecule has 3 aliphatic rings. The average Bonchev–Trinajstić information content (AvgIpc) is 3.97. The number of nitrogens with one attached hydrogen (secondary N) is 2. The fraction of sp³-hybridized carbons (Fsp3) is 0.0645. The van der Waals surface area contributed by atoms with Gasteiger partial charge in [0.2, 0.25) is 0 Å². The smallest absolute Gasteiger partial charge is 0.159 e. The van der Waals surface area contributed by atoms with E-state index in [1.54, 1.807) is 0 Å². The predicted molar refractivity (Wildman–Crippen MR) is 285 cm³/mol. The molecule has 0 saturated heterocycles. The molecule has 1 aliphatic carbocycles.